The normalized spacial score (nSPS) is 10.8. The van der Waals surface area contributed by atoms with Crippen LogP contribution in [0.2, 0.25) is 0 Å². The lowest BCUT2D eigenvalue weighted by Crippen LogP contribution is -2.18. The number of nitrogens with zero attached hydrogens (tertiary/aromatic N) is 3. The number of rotatable bonds is 7. The Kier molecular flexibility index (Phi) is 6.96. The molecule has 1 N–H and O–H groups in total. The van der Waals surface area contributed by atoms with E-state index in [1.165, 1.54) is 0 Å². The molecule has 1 aromatic heterocycles. The second kappa shape index (κ2) is 11.0. The Morgan fingerprint density at radius 1 is 0.919 bits per heavy atom. The molecule has 0 aliphatic carbocycles. The van der Waals surface area contributed by atoms with Crippen molar-refractivity contribution in [2.45, 2.75) is 6.61 Å². The maximum atomic E-state index is 13.1. The van der Waals surface area contributed by atoms with E-state index in [1.807, 2.05) is 91.0 Å². The zero-order valence-corrected chi connectivity index (χ0v) is 19.8. The summed E-state index contributed by atoms with van der Waals surface area (Å²) >= 11 is 0. The summed E-state index contributed by atoms with van der Waals surface area (Å²) in [6.07, 6.45) is 1.59. The Morgan fingerprint density at radius 2 is 1.65 bits per heavy atom. The molecule has 6 heteroatoms. The first-order chi connectivity index (χ1) is 18.2. The summed E-state index contributed by atoms with van der Waals surface area (Å²) in [5.74, 6) is 0.400. The first kappa shape index (κ1) is 23.5. The molecular weight excluding hydrogens is 460 g/mol. The number of amides is 1. The molecule has 1 heterocycles. The van der Waals surface area contributed by atoms with Crippen LogP contribution >= 0.6 is 0 Å². The summed E-state index contributed by atoms with van der Waals surface area (Å²) in [5.41, 5.74) is 7.97. The van der Waals surface area contributed by atoms with Crippen LogP contribution in [-0.2, 0) is 6.61 Å². The van der Waals surface area contributed by atoms with Gasteiger partial charge in [0.2, 0.25) is 0 Å². The third-order valence-corrected chi connectivity index (χ3v) is 5.78. The van der Waals surface area contributed by atoms with Gasteiger partial charge in [-0.15, -0.1) is 0 Å². The van der Waals surface area contributed by atoms with E-state index in [0.717, 1.165) is 33.3 Å². The average molecular weight is 483 g/mol. The number of fused-ring (bicyclic) bond motifs is 1. The van der Waals surface area contributed by atoms with Crippen molar-refractivity contribution < 1.29 is 9.53 Å². The second-order valence-electron chi connectivity index (χ2n) is 8.30. The smallest absolute Gasteiger partial charge is 0.272 e. The van der Waals surface area contributed by atoms with Gasteiger partial charge in [-0.05, 0) is 59.7 Å². The average Bonchev–Trinajstić information content (AvgIpc) is 2.97. The van der Waals surface area contributed by atoms with E-state index < -0.39 is 0 Å². The monoisotopic (exact) mass is 482 g/mol. The number of para-hydroxylation sites is 1. The number of nitriles is 1. The third kappa shape index (κ3) is 5.69. The molecule has 0 saturated heterocycles. The summed E-state index contributed by atoms with van der Waals surface area (Å²) in [6.45, 7) is 0.403. The van der Waals surface area contributed by atoms with Gasteiger partial charge in [0, 0.05) is 10.9 Å². The van der Waals surface area contributed by atoms with Gasteiger partial charge < -0.3 is 4.74 Å². The summed E-state index contributed by atoms with van der Waals surface area (Å²) in [7, 11) is 0. The number of benzene rings is 4. The summed E-state index contributed by atoms with van der Waals surface area (Å²) < 4.78 is 5.81. The van der Waals surface area contributed by atoms with Crippen molar-refractivity contribution in [2.75, 3.05) is 0 Å². The zero-order valence-electron chi connectivity index (χ0n) is 19.8. The quantitative estimate of drug-likeness (QED) is 0.224. The van der Waals surface area contributed by atoms with Crippen molar-refractivity contribution in [2.24, 2.45) is 5.10 Å². The number of ether oxygens (including phenoxy) is 1. The van der Waals surface area contributed by atoms with Crippen LogP contribution in [0, 0.1) is 11.3 Å². The van der Waals surface area contributed by atoms with E-state index in [0.29, 0.717) is 23.5 Å². The fourth-order valence-electron chi connectivity index (χ4n) is 3.84. The van der Waals surface area contributed by atoms with Gasteiger partial charge in [0.1, 0.15) is 12.4 Å². The highest BCUT2D eigenvalue weighted by Crippen LogP contribution is 2.24. The third-order valence-electron chi connectivity index (χ3n) is 5.78. The minimum absolute atomic E-state index is 0.311. The standard InChI is InChI=1S/C31H22N4O2/c32-19-22-10-12-24(13-11-22)21-37-26-16-14-23(15-17-26)20-33-35-31(36)28-18-30(25-6-2-1-3-7-25)34-29-9-5-4-8-27(28)29/h1-18,20H,21H2,(H,35,36)/b33-20-. The Morgan fingerprint density at radius 3 is 2.41 bits per heavy atom. The summed E-state index contributed by atoms with van der Waals surface area (Å²) in [4.78, 5) is 17.8. The van der Waals surface area contributed by atoms with Crippen LogP contribution in [0.4, 0.5) is 0 Å². The number of pyridine rings is 1. The van der Waals surface area contributed by atoms with E-state index in [2.05, 4.69) is 16.6 Å². The first-order valence-electron chi connectivity index (χ1n) is 11.7. The zero-order chi connectivity index (χ0) is 25.5. The number of carbonyl (C=O) groups excluding carboxylic acids is 1. The van der Waals surface area contributed by atoms with Gasteiger partial charge in [0.05, 0.1) is 34.6 Å². The Balaban J connectivity index is 1.25. The van der Waals surface area contributed by atoms with E-state index in [4.69, 9.17) is 15.0 Å². The van der Waals surface area contributed by atoms with Crippen LogP contribution in [0.3, 0.4) is 0 Å². The molecule has 1 amide bonds. The summed E-state index contributed by atoms with van der Waals surface area (Å²) in [5, 5.41) is 13.8. The van der Waals surface area contributed by atoms with E-state index in [1.54, 1.807) is 24.4 Å². The maximum absolute atomic E-state index is 13.1. The van der Waals surface area contributed by atoms with Crippen molar-refractivity contribution in [3.63, 3.8) is 0 Å². The molecule has 0 radical (unpaired) electrons. The lowest BCUT2D eigenvalue weighted by atomic mass is 10.0. The molecular formula is C31H22N4O2. The Hall–Kier alpha value is -5.28. The number of hydrogen-bond donors (Lipinski definition) is 1. The predicted molar refractivity (Wildman–Crippen MR) is 144 cm³/mol. The van der Waals surface area contributed by atoms with Crippen LogP contribution in [0.25, 0.3) is 22.2 Å². The van der Waals surface area contributed by atoms with Crippen molar-refractivity contribution in [3.8, 4) is 23.1 Å². The van der Waals surface area contributed by atoms with Crippen LogP contribution in [-0.4, -0.2) is 17.1 Å². The molecule has 0 bridgehead atoms. The number of aromatic nitrogens is 1. The fourth-order valence-corrected chi connectivity index (χ4v) is 3.84. The lowest BCUT2D eigenvalue weighted by Gasteiger charge is -2.09. The molecule has 5 aromatic rings. The molecule has 6 nitrogen and oxygen atoms in total. The SMILES string of the molecule is N#Cc1ccc(COc2ccc(/C=N\NC(=O)c3cc(-c4ccccc4)nc4ccccc34)cc2)cc1. The van der Waals surface area contributed by atoms with E-state index >= 15 is 0 Å². The highest BCUT2D eigenvalue weighted by atomic mass is 16.5. The molecule has 37 heavy (non-hydrogen) atoms. The molecule has 0 spiro atoms. The number of nitrogens with one attached hydrogen (secondary N) is 1. The van der Waals surface area contributed by atoms with Gasteiger partial charge in [-0.25, -0.2) is 10.4 Å². The predicted octanol–water partition coefficient (Wildman–Crippen LogP) is 6.12. The number of hydrazone groups is 1. The van der Waals surface area contributed by atoms with Gasteiger partial charge >= 0.3 is 0 Å². The second-order valence-corrected chi connectivity index (χ2v) is 8.30. The number of carbonyl (C=O) groups is 1. The first-order valence-corrected chi connectivity index (χ1v) is 11.7. The van der Waals surface area contributed by atoms with Crippen molar-refractivity contribution in [1.82, 2.24) is 10.4 Å². The maximum Gasteiger partial charge on any atom is 0.272 e. The van der Waals surface area contributed by atoms with Gasteiger partial charge in [0.25, 0.3) is 5.91 Å². The van der Waals surface area contributed by atoms with Gasteiger partial charge in [-0.3, -0.25) is 4.79 Å². The van der Waals surface area contributed by atoms with Gasteiger partial charge in [0.15, 0.2) is 0 Å². The van der Waals surface area contributed by atoms with E-state index in [9.17, 15) is 4.79 Å². The lowest BCUT2D eigenvalue weighted by molar-refractivity contribution is 0.0956. The molecule has 0 aliphatic rings. The molecule has 0 fully saturated rings. The highest BCUT2D eigenvalue weighted by Gasteiger charge is 2.13. The van der Waals surface area contributed by atoms with Crippen LogP contribution in [0.5, 0.6) is 5.75 Å². The minimum atomic E-state index is -0.311. The molecule has 178 valence electrons. The fraction of sp³-hybridized carbons (Fsp3) is 0.0323. The molecule has 5 rings (SSSR count). The summed E-state index contributed by atoms with van der Waals surface area (Å²) in [6, 6.07) is 35.9. The van der Waals surface area contributed by atoms with Crippen molar-refractivity contribution >= 4 is 23.0 Å². The molecule has 0 saturated carbocycles. The van der Waals surface area contributed by atoms with Crippen LogP contribution in [0.1, 0.15) is 27.0 Å². The molecule has 4 aromatic carbocycles. The van der Waals surface area contributed by atoms with Gasteiger partial charge in [-0.1, -0.05) is 60.7 Å². The van der Waals surface area contributed by atoms with Crippen molar-refractivity contribution in [1.29, 1.82) is 5.26 Å². The van der Waals surface area contributed by atoms with E-state index in [-0.39, 0.29) is 5.91 Å². The van der Waals surface area contributed by atoms with Crippen molar-refractivity contribution in [3.05, 3.63) is 131 Å². The van der Waals surface area contributed by atoms with Crippen LogP contribution in [0.15, 0.2) is 114 Å². The molecule has 0 aliphatic heterocycles. The van der Waals surface area contributed by atoms with Crippen LogP contribution < -0.4 is 10.2 Å². The highest BCUT2D eigenvalue weighted by molar-refractivity contribution is 6.07. The minimum Gasteiger partial charge on any atom is -0.489 e. The molecule has 0 atom stereocenters. The largest absolute Gasteiger partial charge is 0.489 e. The topological polar surface area (TPSA) is 87.4 Å². The van der Waals surface area contributed by atoms with Gasteiger partial charge in [-0.2, -0.15) is 10.4 Å². The Labute approximate surface area is 214 Å². The Bertz CT molecular complexity index is 1600. The molecule has 0 unspecified atom stereocenters. The number of hydrogen-bond acceptors (Lipinski definition) is 5.